The Balaban J connectivity index is 1.37. The molecule has 1 aromatic heterocycles. The Labute approximate surface area is 213 Å². The van der Waals surface area contributed by atoms with E-state index in [1.165, 1.54) is 12.7 Å². The zero-order valence-corrected chi connectivity index (χ0v) is 20.9. The fourth-order valence-electron chi connectivity index (χ4n) is 4.34. The van der Waals surface area contributed by atoms with Crippen LogP contribution < -0.4 is 19.6 Å². The molecular weight excluding hydrogens is 474 g/mol. The molecule has 5 rings (SSSR count). The van der Waals surface area contributed by atoms with E-state index in [4.69, 9.17) is 23.4 Å². The number of nitrogens with zero attached hydrogens (tertiary/aromatic N) is 1. The van der Waals surface area contributed by atoms with Crippen molar-refractivity contribution in [1.29, 1.82) is 0 Å². The molecule has 0 fully saturated rings. The third-order valence-electron chi connectivity index (χ3n) is 6.40. The minimum Gasteiger partial charge on any atom is -0.497 e. The minimum absolute atomic E-state index is 0.103. The Kier molecular flexibility index (Phi) is 6.83. The van der Waals surface area contributed by atoms with Gasteiger partial charge in [-0.1, -0.05) is 12.1 Å². The van der Waals surface area contributed by atoms with E-state index in [9.17, 15) is 9.59 Å². The van der Waals surface area contributed by atoms with E-state index in [-0.39, 0.29) is 11.2 Å². The molecule has 0 saturated heterocycles. The summed E-state index contributed by atoms with van der Waals surface area (Å²) in [6.07, 6.45) is 0.850. The first-order chi connectivity index (χ1) is 18.0. The number of carbonyl (C=O) groups is 1. The zero-order chi connectivity index (χ0) is 25.9. The van der Waals surface area contributed by atoms with Crippen molar-refractivity contribution in [3.05, 3.63) is 93.3 Å². The molecule has 0 N–H and O–H groups in total. The average Bonchev–Trinajstić information content (AvgIpc) is 2.94. The average molecular weight is 502 g/mol. The second-order valence-corrected chi connectivity index (χ2v) is 8.78. The van der Waals surface area contributed by atoms with E-state index < -0.39 is 5.97 Å². The Morgan fingerprint density at radius 2 is 1.70 bits per heavy atom. The Hall–Kier alpha value is -4.30. The topological polar surface area (TPSA) is 87.4 Å². The molecule has 8 heteroatoms. The maximum atomic E-state index is 13.4. The van der Waals surface area contributed by atoms with Gasteiger partial charge in [-0.3, -0.25) is 9.69 Å². The number of methoxy groups -OCH3 is 2. The lowest BCUT2D eigenvalue weighted by atomic mass is 10.1. The molecule has 8 nitrogen and oxygen atoms in total. The van der Waals surface area contributed by atoms with Crippen LogP contribution in [0.25, 0.3) is 11.0 Å². The summed E-state index contributed by atoms with van der Waals surface area (Å²) in [7, 11) is 2.97. The fourth-order valence-corrected chi connectivity index (χ4v) is 4.34. The van der Waals surface area contributed by atoms with Crippen molar-refractivity contribution in [2.24, 2.45) is 0 Å². The third kappa shape index (κ3) is 5.01. The minimum atomic E-state index is -0.446. The highest BCUT2D eigenvalue weighted by atomic mass is 16.5. The van der Waals surface area contributed by atoms with Crippen LogP contribution in [-0.2, 0) is 17.7 Å². The van der Waals surface area contributed by atoms with Gasteiger partial charge in [0.2, 0.25) is 11.2 Å². The van der Waals surface area contributed by atoms with Crippen LogP contribution in [0.2, 0.25) is 0 Å². The molecular formula is C29H27NO7. The number of fused-ring (bicyclic) bond motifs is 3. The van der Waals surface area contributed by atoms with Crippen LogP contribution in [0, 0.1) is 6.92 Å². The number of aryl methyl sites for hydroxylation is 1. The van der Waals surface area contributed by atoms with Gasteiger partial charge in [0.1, 0.15) is 35.3 Å². The number of esters is 1. The van der Waals surface area contributed by atoms with E-state index in [1.54, 1.807) is 50.4 Å². The first-order valence-corrected chi connectivity index (χ1v) is 11.9. The molecule has 190 valence electrons. The standard InChI is InChI=1S/C29H27NO7/c1-18-27(37-22-10-6-20(7-11-22)29(32)34-3)26(31)23-12-13-25-24(28(23)36-18)16-30(17-35-25)15-14-19-4-8-21(33-2)9-5-19/h4-13H,14-17H2,1-3H3. The van der Waals surface area contributed by atoms with E-state index in [0.717, 1.165) is 24.3 Å². The van der Waals surface area contributed by atoms with Gasteiger partial charge in [0.25, 0.3) is 0 Å². The second kappa shape index (κ2) is 10.4. The van der Waals surface area contributed by atoms with Gasteiger partial charge < -0.3 is 23.4 Å². The van der Waals surface area contributed by atoms with Crippen LogP contribution in [0.3, 0.4) is 0 Å². The highest BCUT2D eigenvalue weighted by Gasteiger charge is 2.24. The lowest BCUT2D eigenvalue weighted by Gasteiger charge is -2.29. The number of benzene rings is 3. The lowest BCUT2D eigenvalue weighted by Crippen LogP contribution is -2.33. The molecule has 1 aliphatic rings. The van der Waals surface area contributed by atoms with Crippen LogP contribution in [-0.4, -0.2) is 38.4 Å². The normalized spacial score (nSPS) is 13.1. The summed E-state index contributed by atoms with van der Waals surface area (Å²) < 4.78 is 28.0. The largest absolute Gasteiger partial charge is 0.497 e. The van der Waals surface area contributed by atoms with Crippen molar-refractivity contribution in [1.82, 2.24) is 4.90 Å². The van der Waals surface area contributed by atoms with Gasteiger partial charge >= 0.3 is 5.97 Å². The lowest BCUT2D eigenvalue weighted by molar-refractivity contribution is 0.0600. The van der Waals surface area contributed by atoms with E-state index in [1.807, 2.05) is 12.1 Å². The summed E-state index contributed by atoms with van der Waals surface area (Å²) in [4.78, 5) is 27.2. The quantitative estimate of drug-likeness (QED) is 0.324. The van der Waals surface area contributed by atoms with Crippen LogP contribution in [0.15, 0.2) is 69.9 Å². The van der Waals surface area contributed by atoms with Gasteiger partial charge in [0, 0.05) is 13.1 Å². The molecule has 0 saturated carbocycles. The summed E-state index contributed by atoms with van der Waals surface area (Å²) in [5.74, 6) is 1.97. The third-order valence-corrected chi connectivity index (χ3v) is 6.40. The summed E-state index contributed by atoms with van der Waals surface area (Å²) in [5.41, 5.74) is 2.66. The van der Waals surface area contributed by atoms with Crippen molar-refractivity contribution in [3.63, 3.8) is 0 Å². The molecule has 0 unspecified atom stereocenters. The number of hydrogen-bond acceptors (Lipinski definition) is 8. The van der Waals surface area contributed by atoms with Crippen molar-refractivity contribution in [3.8, 4) is 23.0 Å². The SMILES string of the molecule is COC(=O)c1ccc(Oc2c(C)oc3c4c(ccc3c2=O)OCN(CCc2ccc(OC)cc2)C4)cc1. The summed E-state index contributed by atoms with van der Waals surface area (Å²) in [6.45, 7) is 3.54. The van der Waals surface area contributed by atoms with Crippen LogP contribution in [0.5, 0.6) is 23.0 Å². The predicted molar refractivity (Wildman–Crippen MR) is 138 cm³/mol. The van der Waals surface area contributed by atoms with Gasteiger partial charge in [0.15, 0.2) is 0 Å². The number of hydrogen-bond donors (Lipinski definition) is 0. The summed E-state index contributed by atoms with van der Waals surface area (Å²) >= 11 is 0. The molecule has 4 aromatic rings. The van der Waals surface area contributed by atoms with Crippen molar-refractivity contribution < 1.29 is 28.2 Å². The molecule has 0 bridgehead atoms. The van der Waals surface area contributed by atoms with Gasteiger partial charge in [-0.15, -0.1) is 0 Å². The van der Waals surface area contributed by atoms with E-state index in [0.29, 0.717) is 47.1 Å². The van der Waals surface area contributed by atoms with Gasteiger partial charge in [0.05, 0.1) is 30.7 Å². The van der Waals surface area contributed by atoms with Crippen molar-refractivity contribution in [2.45, 2.75) is 19.9 Å². The smallest absolute Gasteiger partial charge is 0.337 e. The number of ether oxygens (including phenoxy) is 4. The highest BCUT2D eigenvalue weighted by Crippen LogP contribution is 2.34. The molecule has 0 spiro atoms. The highest BCUT2D eigenvalue weighted by molar-refractivity contribution is 5.89. The number of rotatable bonds is 7. The summed E-state index contributed by atoms with van der Waals surface area (Å²) in [6, 6.07) is 17.9. The molecule has 37 heavy (non-hydrogen) atoms. The fraction of sp³-hybridized carbons (Fsp3) is 0.241. The summed E-state index contributed by atoms with van der Waals surface area (Å²) in [5, 5.41) is 0.422. The van der Waals surface area contributed by atoms with Crippen LogP contribution >= 0.6 is 0 Å². The van der Waals surface area contributed by atoms with Crippen LogP contribution in [0.4, 0.5) is 0 Å². The Morgan fingerprint density at radius 3 is 2.41 bits per heavy atom. The molecule has 0 aliphatic carbocycles. The van der Waals surface area contributed by atoms with Crippen LogP contribution in [0.1, 0.15) is 27.2 Å². The maximum absolute atomic E-state index is 13.4. The van der Waals surface area contributed by atoms with Crippen molar-refractivity contribution in [2.75, 3.05) is 27.5 Å². The van der Waals surface area contributed by atoms with Gasteiger partial charge in [-0.25, -0.2) is 4.79 Å². The molecule has 0 radical (unpaired) electrons. The second-order valence-electron chi connectivity index (χ2n) is 8.78. The molecule has 0 atom stereocenters. The Morgan fingerprint density at radius 1 is 0.973 bits per heavy atom. The molecule has 2 heterocycles. The molecule has 0 amide bonds. The predicted octanol–water partition coefficient (Wildman–Crippen LogP) is 5.08. The Bertz CT molecular complexity index is 1490. The van der Waals surface area contributed by atoms with Gasteiger partial charge in [-0.2, -0.15) is 0 Å². The monoisotopic (exact) mass is 501 g/mol. The molecule has 3 aromatic carbocycles. The first-order valence-electron chi connectivity index (χ1n) is 11.9. The van der Waals surface area contributed by atoms with E-state index >= 15 is 0 Å². The maximum Gasteiger partial charge on any atom is 0.337 e. The van der Waals surface area contributed by atoms with Gasteiger partial charge in [-0.05, 0) is 67.4 Å². The first kappa shape index (κ1) is 24.4. The van der Waals surface area contributed by atoms with Crippen molar-refractivity contribution >= 4 is 16.9 Å². The molecule has 1 aliphatic heterocycles. The van der Waals surface area contributed by atoms with E-state index in [2.05, 4.69) is 17.0 Å². The number of carbonyl (C=O) groups excluding carboxylic acids is 1. The zero-order valence-electron chi connectivity index (χ0n) is 20.9.